The molecule has 4 heteroatoms. The van der Waals surface area contributed by atoms with E-state index in [0.29, 0.717) is 6.42 Å². The van der Waals surface area contributed by atoms with E-state index in [1.165, 1.54) is 5.56 Å². The van der Waals surface area contributed by atoms with Gasteiger partial charge in [0.25, 0.3) is 0 Å². The summed E-state index contributed by atoms with van der Waals surface area (Å²) >= 11 is 0. The van der Waals surface area contributed by atoms with E-state index in [0.717, 1.165) is 35.4 Å². The molecule has 1 aromatic carbocycles. The Balaban J connectivity index is 1.84. The minimum absolute atomic E-state index is 0.0645. The molecule has 0 fully saturated rings. The number of benzene rings is 1. The molecule has 118 valence electrons. The summed E-state index contributed by atoms with van der Waals surface area (Å²) in [7, 11) is 0. The van der Waals surface area contributed by atoms with Crippen LogP contribution >= 0.6 is 0 Å². The largest absolute Gasteiger partial charge is 0.326 e. The summed E-state index contributed by atoms with van der Waals surface area (Å²) in [5.74, 6) is 0.0645. The third-order valence-corrected chi connectivity index (χ3v) is 3.82. The molecule has 0 spiro atoms. The highest BCUT2D eigenvalue weighted by atomic mass is 16.1. The number of rotatable bonds is 5. The van der Waals surface area contributed by atoms with Crippen LogP contribution in [0, 0.1) is 6.92 Å². The zero-order valence-corrected chi connectivity index (χ0v) is 13.5. The molecule has 2 heterocycles. The third-order valence-electron chi connectivity index (χ3n) is 3.82. The number of pyridine rings is 1. The number of fused-ring (bicyclic) bond motifs is 1. The lowest BCUT2D eigenvalue weighted by molar-refractivity contribution is -0.116. The Kier molecular flexibility index (Phi) is 4.42. The van der Waals surface area contributed by atoms with E-state index < -0.39 is 0 Å². The Labute approximate surface area is 136 Å². The van der Waals surface area contributed by atoms with Gasteiger partial charge in [-0.05, 0) is 43.2 Å². The van der Waals surface area contributed by atoms with Crippen molar-refractivity contribution in [2.45, 2.75) is 33.1 Å². The second kappa shape index (κ2) is 6.65. The van der Waals surface area contributed by atoms with Crippen LogP contribution in [0.4, 0.5) is 5.69 Å². The zero-order valence-electron chi connectivity index (χ0n) is 13.5. The molecule has 1 amide bonds. The molecular weight excluding hydrogens is 286 g/mol. The van der Waals surface area contributed by atoms with Crippen LogP contribution in [0.15, 0.2) is 48.8 Å². The summed E-state index contributed by atoms with van der Waals surface area (Å²) in [5, 5.41) is 2.96. The molecule has 0 aliphatic carbocycles. The monoisotopic (exact) mass is 307 g/mol. The van der Waals surface area contributed by atoms with Gasteiger partial charge in [0.2, 0.25) is 5.91 Å². The highest BCUT2D eigenvalue weighted by Gasteiger charge is 2.07. The van der Waals surface area contributed by atoms with E-state index in [4.69, 9.17) is 0 Å². The van der Waals surface area contributed by atoms with Gasteiger partial charge in [0.1, 0.15) is 5.65 Å². The number of unbranched alkanes of at least 4 members (excludes halogenated alkanes) is 1. The molecule has 0 aliphatic heterocycles. The van der Waals surface area contributed by atoms with Crippen molar-refractivity contribution in [3.8, 4) is 11.3 Å². The molecule has 2 aromatic heterocycles. The van der Waals surface area contributed by atoms with Crippen molar-refractivity contribution in [1.82, 2.24) is 9.38 Å². The summed E-state index contributed by atoms with van der Waals surface area (Å²) in [4.78, 5) is 16.5. The molecule has 4 nitrogen and oxygen atoms in total. The first-order valence-corrected chi connectivity index (χ1v) is 8.01. The van der Waals surface area contributed by atoms with Crippen LogP contribution in [-0.4, -0.2) is 15.3 Å². The first-order valence-electron chi connectivity index (χ1n) is 8.01. The smallest absolute Gasteiger partial charge is 0.224 e. The number of hydrogen-bond acceptors (Lipinski definition) is 2. The van der Waals surface area contributed by atoms with Crippen molar-refractivity contribution in [1.29, 1.82) is 0 Å². The van der Waals surface area contributed by atoms with Gasteiger partial charge in [-0.1, -0.05) is 25.5 Å². The van der Waals surface area contributed by atoms with Crippen molar-refractivity contribution in [2.75, 3.05) is 5.32 Å². The molecule has 23 heavy (non-hydrogen) atoms. The van der Waals surface area contributed by atoms with Gasteiger partial charge in [-0.3, -0.25) is 4.79 Å². The molecule has 0 aliphatic rings. The summed E-state index contributed by atoms with van der Waals surface area (Å²) in [6.07, 6.45) is 6.52. The number of carbonyl (C=O) groups excluding carboxylic acids is 1. The minimum Gasteiger partial charge on any atom is -0.326 e. The standard InChI is InChI=1S/C19H21N3O/c1-3-4-8-19(23)20-16-7-5-6-15(12-16)17-13-22-10-9-14(2)11-18(22)21-17/h5-7,9-13H,3-4,8H2,1-2H3,(H,20,23). The first kappa shape index (κ1) is 15.3. The van der Waals surface area contributed by atoms with Gasteiger partial charge in [0.15, 0.2) is 0 Å². The number of hydrogen-bond donors (Lipinski definition) is 1. The number of aromatic nitrogens is 2. The molecule has 1 N–H and O–H groups in total. The highest BCUT2D eigenvalue weighted by molar-refractivity contribution is 5.91. The van der Waals surface area contributed by atoms with E-state index >= 15 is 0 Å². The van der Waals surface area contributed by atoms with Crippen molar-refractivity contribution >= 4 is 17.2 Å². The lowest BCUT2D eigenvalue weighted by Gasteiger charge is -2.06. The molecular formula is C19H21N3O. The van der Waals surface area contributed by atoms with Gasteiger partial charge in [-0.15, -0.1) is 0 Å². The van der Waals surface area contributed by atoms with Gasteiger partial charge in [0.05, 0.1) is 5.69 Å². The van der Waals surface area contributed by atoms with Crippen molar-refractivity contribution in [3.05, 3.63) is 54.4 Å². The minimum atomic E-state index is 0.0645. The lowest BCUT2D eigenvalue weighted by atomic mass is 10.1. The zero-order chi connectivity index (χ0) is 16.2. The molecule has 0 saturated heterocycles. The second-order valence-electron chi connectivity index (χ2n) is 5.83. The quantitative estimate of drug-likeness (QED) is 0.757. The topological polar surface area (TPSA) is 46.4 Å². The molecule has 3 aromatic rings. The fourth-order valence-electron chi connectivity index (χ4n) is 2.54. The Hall–Kier alpha value is -2.62. The highest BCUT2D eigenvalue weighted by Crippen LogP contribution is 2.23. The predicted octanol–water partition coefficient (Wildman–Crippen LogP) is 4.44. The normalized spacial score (nSPS) is 10.9. The molecule has 0 unspecified atom stereocenters. The number of nitrogens with zero attached hydrogens (tertiary/aromatic N) is 2. The van der Waals surface area contributed by atoms with E-state index in [1.807, 2.05) is 41.1 Å². The Bertz CT molecular complexity index is 836. The maximum Gasteiger partial charge on any atom is 0.224 e. The van der Waals surface area contributed by atoms with Gasteiger partial charge >= 0.3 is 0 Å². The van der Waals surface area contributed by atoms with Crippen molar-refractivity contribution in [2.24, 2.45) is 0 Å². The number of anilines is 1. The van der Waals surface area contributed by atoms with Crippen molar-refractivity contribution < 1.29 is 4.79 Å². The van der Waals surface area contributed by atoms with Gasteiger partial charge in [0, 0.05) is 30.1 Å². The van der Waals surface area contributed by atoms with Crippen LogP contribution < -0.4 is 5.32 Å². The van der Waals surface area contributed by atoms with Crippen LogP contribution in [-0.2, 0) is 4.79 Å². The number of aryl methyl sites for hydroxylation is 1. The SMILES string of the molecule is CCCCC(=O)Nc1cccc(-c2cn3ccc(C)cc3n2)c1. The molecule has 0 radical (unpaired) electrons. The summed E-state index contributed by atoms with van der Waals surface area (Å²) in [6, 6.07) is 11.9. The summed E-state index contributed by atoms with van der Waals surface area (Å²) in [5.41, 5.74) is 4.83. The summed E-state index contributed by atoms with van der Waals surface area (Å²) < 4.78 is 2.01. The Morgan fingerprint density at radius 2 is 2.13 bits per heavy atom. The average Bonchev–Trinajstić information content (AvgIpc) is 2.96. The molecule has 0 atom stereocenters. The number of nitrogens with one attached hydrogen (secondary N) is 1. The average molecular weight is 307 g/mol. The fraction of sp³-hybridized carbons (Fsp3) is 0.263. The van der Waals surface area contributed by atoms with Gasteiger partial charge in [-0.25, -0.2) is 4.98 Å². The van der Waals surface area contributed by atoms with Crippen LogP contribution in [0.3, 0.4) is 0 Å². The maximum absolute atomic E-state index is 11.9. The summed E-state index contributed by atoms with van der Waals surface area (Å²) in [6.45, 7) is 4.14. The van der Waals surface area contributed by atoms with Crippen molar-refractivity contribution in [3.63, 3.8) is 0 Å². The van der Waals surface area contributed by atoms with Crippen LogP contribution in [0.1, 0.15) is 31.7 Å². The van der Waals surface area contributed by atoms with E-state index in [1.54, 1.807) is 0 Å². The Morgan fingerprint density at radius 3 is 2.96 bits per heavy atom. The molecule has 0 saturated carbocycles. The van der Waals surface area contributed by atoms with E-state index in [-0.39, 0.29) is 5.91 Å². The van der Waals surface area contributed by atoms with Crippen LogP contribution in [0.2, 0.25) is 0 Å². The van der Waals surface area contributed by atoms with E-state index in [9.17, 15) is 4.79 Å². The lowest BCUT2D eigenvalue weighted by Crippen LogP contribution is -2.10. The van der Waals surface area contributed by atoms with Crippen LogP contribution in [0.25, 0.3) is 16.9 Å². The maximum atomic E-state index is 11.9. The fourth-order valence-corrected chi connectivity index (χ4v) is 2.54. The predicted molar refractivity (Wildman–Crippen MR) is 93.5 cm³/mol. The second-order valence-corrected chi connectivity index (χ2v) is 5.83. The Morgan fingerprint density at radius 1 is 1.26 bits per heavy atom. The number of amides is 1. The first-order chi connectivity index (χ1) is 11.2. The third kappa shape index (κ3) is 3.59. The van der Waals surface area contributed by atoms with Crippen LogP contribution in [0.5, 0.6) is 0 Å². The molecule has 0 bridgehead atoms. The van der Waals surface area contributed by atoms with E-state index in [2.05, 4.69) is 36.3 Å². The van der Waals surface area contributed by atoms with Gasteiger partial charge in [-0.2, -0.15) is 0 Å². The number of carbonyl (C=O) groups is 1. The number of imidazole rings is 1. The molecule has 3 rings (SSSR count). The van der Waals surface area contributed by atoms with Gasteiger partial charge < -0.3 is 9.72 Å².